The lowest BCUT2D eigenvalue weighted by atomic mass is 9.70. The molecule has 3 unspecified atom stereocenters. The minimum absolute atomic E-state index is 0.519. The van der Waals surface area contributed by atoms with Crippen LogP contribution in [0.15, 0.2) is 6.07 Å². The fourth-order valence-electron chi connectivity index (χ4n) is 5.06. The molecule has 3 nitrogen and oxygen atoms in total. The van der Waals surface area contributed by atoms with Gasteiger partial charge < -0.3 is 5.32 Å². The van der Waals surface area contributed by atoms with Crippen molar-refractivity contribution in [2.24, 2.45) is 17.3 Å². The SMILES string of the molecule is CCn1nc(C)cc1CC1(CNC2CC2)CC2CCC1C2. The molecule has 0 amide bonds. The lowest BCUT2D eigenvalue weighted by Gasteiger charge is -2.38. The largest absolute Gasteiger partial charge is 0.313 e. The van der Waals surface area contributed by atoms with Crippen molar-refractivity contribution < 1.29 is 0 Å². The van der Waals surface area contributed by atoms with E-state index in [2.05, 4.69) is 35.0 Å². The number of nitrogens with one attached hydrogen (secondary N) is 1. The summed E-state index contributed by atoms with van der Waals surface area (Å²) in [6, 6.07) is 3.16. The Bertz CT molecular complexity index is 517. The predicted octanol–water partition coefficient (Wildman–Crippen LogP) is 3.31. The van der Waals surface area contributed by atoms with Gasteiger partial charge in [-0.25, -0.2) is 0 Å². The van der Waals surface area contributed by atoms with E-state index in [1.165, 1.54) is 62.9 Å². The Balaban J connectivity index is 1.56. The van der Waals surface area contributed by atoms with Gasteiger partial charge in [0.25, 0.3) is 0 Å². The Morgan fingerprint density at radius 2 is 2.19 bits per heavy atom. The highest BCUT2D eigenvalue weighted by Gasteiger charge is 2.51. The quantitative estimate of drug-likeness (QED) is 0.870. The number of aromatic nitrogens is 2. The molecule has 0 spiro atoms. The van der Waals surface area contributed by atoms with Gasteiger partial charge in [-0.15, -0.1) is 0 Å². The molecule has 0 aromatic carbocycles. The van der Waals surface area contributed by atoms with Crippen molar-refractivity contribution in [1.29, 1.82) is 0 Å². The molecule has 116 valence electrons. The smallest absolute Gasteiger partial charge is 0.0596 e. The molecular weight excluding hydrogens is 258 g/mol. The Morgan fingerprint density at radius 1 is 1.33 bits per heavy atom. The molecule has 1 N–H and O–H groups in total. The molecule has 3 fully saturated rings. The van der Waals surface area contributed by atoms with E-state index in [0.29, 0.717) is 5.41 Å². The molecule has 3 saturated carbocycles. The summed E-state index contributed by atoms with van der Waals surface area (Å²) in [5, 5.41) is 8.53. The molecule has 1 aromatic heterocycles. The summed E-state index contributed by atoms with van der Waals surface area (Å²) in [6.45, 7) is 6.59. The Labute approximate surface area is 128 Å². The van der Waals surface area contributed by atoms with Gasteiger partial charge in [-0.1, -0.05) is 6.42 Å². The molecule has 2 bridgehead atoms. The highest BCUT2D eigenvalue weighted by Crippen LogP contribution is 2.57. The van der Waals surface area contributed by atoms with Crippen molar-refractivity contribution in [3.63, 3.8) is 0 Å². The zero-order valence-electron chi connectivity index (χ0n) is 13.6. The molecule has 1 heterocycles. The van der Waals surface area contributed by atoms with Crippen molar-refractivity contribution in [3.05, 3.63) is 17.5 Å². The van der Waals surface area contributed by atoms with Crippen molar-refractivity contribution >= 4 is 0 Å². The number of aryl methyl sites for hydroxylation is 2. The molecule has 0 radical (unpaired) electrons. The van der Waals surface area contributed by atoms with Crippen molar-refractivity contribution in [2.45, 2.75) is 71.4 Å². The minimum atomic E-state index is 0.519. The van der Waals surface area contributed by atoms with Crippen LogP contribution in [0.5, 0.6) is 0 Å². The summed E-state index contributed by atoms with van der Waals surface area (Å²) in [5.41, 5.74) is 3.17. The van der Waals surface area contributed by atoms with E-state index in [4.69, 9.17) is 0 Å². The fourth-order valence-corrected chi connectivity index (χ4v) is 5.06. The van der Waals surface area contributed by atoms with Crippen LogP contribution in [-0.2, 0) is 13.0 Å². The first-order valence-corrected chi connectivity index (χ1v) is 8.95. The first-order chi connectivity index (χ1) is 10.2. The van der Waals surface area contributed by atoms with Crippen LogP contribution in [0.25, 0.3) is 0 Å². The van der Waals surface area contributed by atoms with Crippen molar-refractivity contribution in [3.8, 4) is 0 Å². The number of hydrogen-bond acceptors (Lipinski definition) is 2. The normalized spacial score (nSPS) is 34.8. The van der Waals surface area contributed by atoms with E-state index in [-0.39, 0.29) is 0 Å². The zero-order valence-corrected chi connectivity index (χ0v) is 13.6. The molecule has 1 aromatic rings. The Hall–Kier alpha value is -0.830. The summed E-state index contributed by atoms with van der Waals surface area (Å²) in [7, 11) is 0. The summed E-state index contributed by atoms with van der Waals surface area (Å²) in [4.78, 5) is 0. The topological polar surface area (TPSA) is 29.9 Å². The third-order valence-corrected chi connectivity index (χ3v) is 6.24. The maximum atomic E-state index is 4.67. The monoisotopic (exact) mass is 287 g/mol. The molecule has 21 heavy (non-hydrogen) atoms. The van der Waals surface area contributed by atoms with Crippen LogP contribution >= 0.6 is 0 Å². The van der Waals surface area contributed by atoms with Gasteiger partial charge in [0.2, 0.25) is 0 Å². The molecular formula is C18H29N3. The summed E-state index contributed by atoms with van der Waals surface area (Å²) in [5.74, 6) is 1.96. The molecule has 4 rings (SSSR count). The van der Waals surface area contributed by atoms with Crippen LogP contribution in [0.2, 0.25) is 0 Å². The van der Waals surface area contributed by atoms with Crippen molar-refractivity contribution in [1.82, 2.24) is 15.1 Å². The van der Waals surface area contributed by atoms with E-state index in [0.717, 1.165) is 24.4 Å². The summed E-state index contributed by atoms with van der Waals surface area (Å²) < 4.78 is 2.24. The second-order valence-corrected chi connectivity index (χ2v) is 7.87. The lowest BCUT2D eigenvalue weighted by Crippen LogP contribution is -2.41. The van der Waals surface area contributed by atoms with Gasteiger partial charge in [-0.05, 0) is 75.7 Å². The highest BCUT2D eigenvalue weighted by molar-refractivity contribution is 5.15. The Morgan fingerprint density at radius 3 is 2.81 bits per heavy atom. The fraction of sp³-hybridized carbons (Fsp3) is 0.833. The van der Waals surface area contributed by atoms with E-state index >= 15 is 0 Å². The number of rotatable bonds is 6. The summed E-state index contributed by atoms with van der Waals surface area (Å²) in [6.07, 6.45) is 9.93. The van der Waals surface area contributed by atoms with Crippen LogP contribution in [0.1, 0.15) is 56.8 Å². The Kier molecular flexibility index (Phi) is 3.36. The number of fused-ring (bicyclic) bond motifs is 2. The third-order valence-electron chi connectivity index (χ3n) is 6.24. The molecule has 3 aliphatic carbocycles. The van der Waals surface area contributed by atoms with E-state index in [9.17, 15) is 0 Å². The first kappa shape index (κ1) is 13.8. The van der Waals surface area contributed by atoms with Crippen LogP contribution < -0.4 is 5.32 Å². The zero-order chi connectivity index (χ0) is 14.4. The van der Waals surface area contributed by atoms with E-state index in [1.807, 2.05) is 0 Å². The van der Waals surface area contributed by atoms with E-state index in [1.54, 1.807) is 0 Å². The second-order valence-electron chi connectivity index (χ2n) is 7.87. The average molecular weight is 287 g/mol. The maximum absolute atomic E-state index is 4.67. The standard InChI is InChI=1S/C18H29N3/c1-3-21-17(8-13(2)20-21)11-18(12-19-16-6-7-16)10-14-4-5-15(18)9-14/h8,14-16,19H,3-7,9-12H2,1-2H3. The van der Waals surface area contributed by atoms with Gasteiger partial charge in [0.15, 0.2) is 0 Å². The first-order valence-electron chi connectivity index (χ1n) is 8.95. The van der Waals surface area contributed by atoms with Gasteiger partial charge in [-0.3, -0.25) is 4.68 Å². The van der Waals surface area contributed by atoms with Gasteiger partial charge in [0, 0.05) is 24.8 Å². The van der Waals surface area contributed by atoms with Crippen molar-refractivity contribution in [2.75, 3.05) is 6.54 Å². The second kappa shape index (κ2) is 5.12. The molecule has 3 aliphatic rings. The number of nitrogens with zero attached hydrogens (tertiary/aromatic N) is 2. The molecule has 3 atom stereocenters. The van der Waals surface area contributed by atoms with Gasteiger partial charge >= 0.3 is 0 Å². The van der Waals surface area contributed by atoms with Crippen LogP contribution in [-0.4, -0.2) is 22.4 Å². The van der Waals surface area contributed by atoms with Crippen LogP contribution in [0.4, 0.5) is 0 Å². The lowest BCUT2D eigenvalue weighted by molar-refractivity contribution is 0.152. The van der Waals surface area contributed by atoms with Crippen LogP contribution in [0, 0.1) is 24.2 Å². The van der Waals surface area contributed by atoms with Crippen LogP contribution in [0.3, 0.4) is 0 Å². The maximum Gasteiger partial charge on any atom is 0.0596 e. The molecule has 0 saturated heterocycles. The van der Waals surface area contributed by atoms with Gasteiger partial charge in [0.1, 0.15) is 0 Å². The van der Waals surface area contributed by atoms with Gasteiger partial charge in [-0.2, -0.15) is 5.10 Å². The third kappa shape index (κ3) is 2.54. The van der Waals surface area contributed by atoms with E-state index < -0.39 is 0 Å². The molecule has 0 aliphatic heterocycles. The number of hydrogen-bond donors (Lipinski definition) is 1. The average Bonchev–Trinajstić information content (AvgIpc) is 2.93. The minimum Gasteiger partial charge on any atom is -0.313 e. The van der Waals surface area contributed by atoms with Gasteiger partial charge in [0.05, 0.1) is 5.69 Å². The predicted molar refractivity (Wildman–Crippen MR) is 85.2 cm³/mol. The molecule has 3 heteroatoms. The summed E-state index contributed by atoms with van der Waals surface area (Å²) >= 11 is 0. The highest BCUT2D eigenvalue weighted by atomic mass is 15.3.